The molecule has 1 aliphatic rings. The van der Waals surface area contributed by atoms with Gasteiger partial charge in [0.2, 0.25) is 4.47 Å². The lowest BCUT2D eigenvalue weighted by molar-refractivity contribution is -0.0404. The van der Waals surface area contributed by atoms with Crippen LogP contribution in [0, 0.1) is 0 Å². The van der Waals surface area contributed by atoms with Crippen molar-refractivity contribution >= 4 is 22.9 Å². The molecule has 2 unspecified atom stereocenters. The molecule has 1 saturated heterocycles. The first-order chi connectivity index (χ1) is 7.65. The van der Waals surface area contributed by atoms with Gasteiger partial charge < -0.3 is 10.5 Å². The van der Waals surface area contributed by atoms with Gasteiger partial charge in [-0.1, -0.05) is 11.3 Å². The summed E-state index contributed by atoms with van der Waals surface area (Å²) in [5.41, 5.74) is 5.83. The zero-order valence-corrected chi connectivity index (χ0v) is 10.7. The number of hydrogen-bond acceptors (Lipinski definition) is 6. The molecule has 1 fully saturated rings. The molecule has 2 heterocycles. The molecule has 1 aromatic heterocycles. The minimum absolute atomic E-state index is 0.0563. The van der Waals surface area contributed by atoms with E-state index in [2.05, 4.69) is 15.1 Å². The van der Waals surface area contributed by atoms with Crippen LogP contribution in [0.5, 0.6) is 0 Å². The third-order valence-corrected chi connectivity index (χ3v) is 3.57. The molecular formula is C9H15ClN4OS. The highest BCUT2D eigenvalue weighted by atomic mass is 35.5. The van der Waals surface area contributed by atoms with E-state index in [1.165, 1.54) is 11.3 Å². The van der Waals surface area contributed by atoms with Crippen LogP contribution in [0.4, 0.5) is 0 Å². The minimum atomic E-state index is 0.0563. The van der Waals surface area contributed by atoms with Crippen molar-refractivity contribution < 1.29 is 4.74 Å². The Morgan fingerprint density at radius 1 is 1.69 bits per heavy atom. The number of halogens is 1. The summed E-state index contributed by atoms with van der Waals surface area (Å²) in [5.74, 6) is 0. The third-order valence-electron chi connectivity index (χ3n) is 2.57. The lowest BCUT2D eigenvalue weighted by atomic mass is 10.1. The molecule has 0 saturated carbocycles. The van der Waals surface area contributed by atoms with Gasteiger partial charge in [0.05, 0.1) is 19.3 Å². The van der Waals surface area contributed by atoms with Crippen LogP contribution in [0.3, 0.4) is 0 Å². The second-order valence-corrected chi connectivity index (χ2v) is 5.60. The van der Waals surface area contributed by atoms with E-state index in [1.807, 2.05) is 6.92 Å². The molecule has 7 heteroatoms. The summed E-state index contributed by atoms with van der Waals surface area (Å²) >= 11 is 7.16. The summed E-state index contributed by atoms with van der Waals surface area (Å²) in [4.78, 5) is 2.27. The lowest BCUT2D eigenvalue weighted by Gasteiger charge is -2.34. The number of aromatic nitrogens is 2. The predicted octanol–water partition coefficient (Wildman–Crippen LogP) is 0.739. The van der Waals surface area contributed by atoms with E-state index in [-0.39, 0.29) is 12.1 Å². The van der Waals surface area contributed by atoms with Crippen LogP contribution < -0.4 is 5.73 Å². The molecule has 2 rings (SSSR count). The van der Waals surface area contributed by atoms with Crippen LogP contribution >= 0.6 is 22.9 Å². The second-order valence-electron chi connectivity index (χ2n) is 3.95. The normalized spacial score (nSPS) is 24.6. The van der Waals surface area contributed by atoms with E-state index in [0.717, 1.165) is 31.2 Å². The predicted molar refractivity (Wildman–Crippen MR) is 63.6 cm³/mol. The number of nitrogens with two attached hydrogens (primary N) is 1. The Morgan fingerprint density at radius 2 is 2.50 bits per heavy atom. The number of rotatable bonds is 3. The van der Waals surface area contributed by atoms with Gasteiger partial charge in [-0.15, -0.1) is 10.2 Å². The van der Waals surface area contributed by atoms with Crippen molar-refractivity contribution in [1.29, 1.82) is 0 Å². The zero-order valence-electron chi connectivity index (χ0n) is 9.10. The van der Waals surface area contributed by atoms with Crippen molar-refractivity contribution in [2.24, 2.45) is 5.73 Å². The third kappa shape index (κ3) is 3.11. The van der Waals surface area contributed by atoms with E-state index in [4.69, 9.17) is 22.1 Å². The van der Waals surface area contributed by atoms with Crippen molar-refractivity contribution in [3.05, 3.63) is 9.47 Å². The lowest BCUT2D eigenvalue weighted by Crippen LogP contribution is -2.49. The first kappa shape index (κ1) is 12.2. The van der Waals surface area contributed by atoms with E-state index in [0.29, 0.717) is 4.47 Å². The molecule has 1 aliphatic heterocycles. The molecule has 0 spiro atoms. The van der Waals surface area contributed by atoms with Gasteiger partial charge in [0, 0.05) is 19.1 Å². The number of nitrogens with zero attached hydrogens (tertiary/aromatic N) is 3. The van der Waals surface area contributed by atoms with Crippen molar-refractivity contribution in [2.45, 2.75) is 25.6 Å². The summed E-state index contributed by atoms with van der Waals surface area (Å²) in [6.45, 7) is 5.21. The summed E-state index contributed by atoms with van der Waals surface area (Å²) < 4.78 is 6.08. The summed E-state index contributed by atoms with van der Waals surface area (Å²) in [6.07, 6.45) is 0.108. The average Bonchev–Trinajstić information content (AvgIpc) is 2.64. The maximum atomic E-state index is 5.83. The Hall–Kier alpha value is -0.270. The second kappa shape index (κ2) is 5.37. The minimum Gasteiger partial charge on any atom is -0.374 e. The van der Waals surface area contributed by atoms with Gasteiger partial charge in [-0.3, -0.25) is 4.90 Å². The van der Waals surface area contributed by atoms with Crippen molar-refractivity contribution in [2.75, 3.05) is 19.7 Å². The van der Waals surface area contributed by atoms with Gasteiger partial charge in [-0.25, -0.2) is 0 Å². The van der Waals surface area contributed by atoms with Crippen LogP contribution in [0.25, 0.3) is 0 Å². The van der Waals surface area contributed by atoms with Crippen LogP contribution in [-0.2, 0) is 11.3 Å². The largest absolute Gasteiger partial charge is 0.374 e. The molecule has 16 heavy (non-hydrogen) atoms. The fraction of sp³-hybridized carbons (Fsp3) is 0.778. The van der Waals surface area contributed by atoms with Crippen LogP contribution in [0.15, 0.2) is 0 Å². The first-order valence-corrected chi connectivity index (χ1v) is 6.42. The Kier molecular flexibility index (Phi) is 4.10. The molecule has 5 nitrogen and oxygen atoms in total. The first-order valence-electron chi connectivity index (χ1n) is 5.22. The van der Waals surface area contributed by atoms with E-state index >= 15 is 0 Å². The van der Waals surface area contributed by atoms with E-state index in [9.17, 15) is 0 Å². The Morgan fingerprint density at radius 3 is 3.12 bits per heavy atom. The number of hydrogen-bond donors (Lipinski definition) is 1. The average molecular weight is 263 g/mol. The molecule has 1 aromatic rings. The van der Waals surface area contributed by atoms with Crippen molar-refractivity contribution in [3.8, 4) is 0 Å². The monoisotopic (exact) mass is 262 g/mol. The molecule has 0 bridgehead atoms. The Balaban J connectivity index is 1.90. The van der Waals surface area contributed by atoms with Gasteiger partial charge in [0.1, 0.15) is 5.01 Å². The highest BCUT2D eigenvalue weighted by Gasteiger charge is 2.24. The molecule has 0 aromatic carbocycles. The summed E-state index contributed by atoms with van der Waals surface area (Å²) in [5, 5.41) is 8.73. The topological polar surface area (TPSA) is 64.3 Å². The van der Waals surface area contributed by atoms with Gasteiger partial charge in [0.15, 0.2) is 0 Å². The molecule has 0 aliphatic carbocycles. The van der Waals surface area contributed by atoms with Gasteiger partial charge in [-0.2, -0.15) is 0 Å². The van der Waals surface area contributed by atoms with Crippen molar-refractivity contribution in [3.63, 3.8) is 0 Å². The van der Waals surface area contributed by atoms with E-state index in [1.54, 1.807) is 0 Å². The fourth-order valence-corrected chi connectivity index (χ4v) is 2.59. The molecule has 90 valence electrons. The number of morpholine rings is 1. The SMILES string of the molecule is CC(N)C1CN(Cc2nnc(Cl)s2)CCO1. The molecular weight excluding hydrogens is 248 g/mol. The highest BCUT2D eigenvalue weighted by molar-refractivity contribution is 7.15. The summed E-state index contributed by atoms with van der Waals surface area (Å²) in [6, 6.07) is 0.0563. The van der Waals surface area contributed by atoms with Crippen LogP contribution in [0.2, 0.25) is 4.47 Å². The summed E-state index contributed by atoms with van der Waals surface area (Å²) in [7, 11) is 0. The Labute approximate surface area is 104 Å². The molecule has 2 N–H and O–H groups in total. The van der Waals surface area contributed by atoms with Gasteiger partial charge in [-0.05, 0) is 18.5 Å². The zero-order chi connectivity index (χ0) is 11.5. The fourth-order valence-electron chi connectivity index (χ4n) is 1.68. The quantitative estimate of drug-likeness (QED) is 0.871. The van der Waals surface area contributed by atoms with Gasteiger partial charge in [0.25, 0.3) is 0 Å². The standard InChI is InChI=1S/C9H15ClN4OS/c1-6(11)7-4-14(2-3-15-7)5-8-12-13-9(10)16-8/h6-7H,2-5,11H2,1H3. The Bertz CT molecular complexity index is 346. The maximum Gasteiger partial charge on any atom is 0.207 e. The molecule has 0 radical (unpaired) electrons. The van der Waals surface area contributed by atoms with Gasteiger partial charge >= 0.3 is 0 Å². The van der Waals surface area contributed by atoms with Crippen molar-refractivity contribution in [1.82, 2.24) is 15.1 Å². The van der Waals surface area contributed by atoms with Crippen LogP contribution in [0.1, 0.15) is 11.9 Å². The highest BCUT2D eigenvalue weighted by Crippen LogP contribution is 2.18. The van der Waals surface area contributed by atoms with E-state index < -0.39 is 0 Å². The van der Waals surface area contributed by atoms with Crippen LogP contribution in [-0.4, -0.2) is 46.9 Å². The molecule has 2 atom stereocenters. The molecule has 0 amide bonds. The number of ether oxygens (including phenoxy) is 1. The maximum absolute atomic E-state index is 5.83. The smallest absolute Gasteiger partial charge is 0.207 e.